The van der Waals surface area contributed by atoms with Crippen LogP contribution < -0.4 is 0 Å². The van der Waals surface area contributed by atoms with Crippen LogP contribution in [0.3, 0.4) is 0 Å². The average Bonchev–Trinajstić information content (AvgIpc) is 2.70. The Hall–Kier alpha value is -0.570. The van der Waals surface area contributed by atoms with Crippen LogP contribution in [0.1, 0.15) is 25.7 Å². The fourth-order valence-corrected chi connectivity index (χ4v) is 2.22. The molecule has 3 nitrogen and oxygen atoms in total. The molecular formula is C10H17NO2. The highest BCUT2D eigenvalue weighted by Gasteiger charge is 2.42. The highest BCUT2D eigenvalue weighted by Crippen LogP contribution is 2.41. The van der Waals surface area contributed by atoms with Gasteiger partial charge in [-0.3, -0.25) is 4.79 Å². The quantitative estimate of drug-likeness (QED) is 0.711. The van der Waals surface area contributed by atoms with Crippen LogP contribution in [0.25, 0.3) is 0 Å². The zero-order chi connectivity index (χ0) is 9.26. The SMILES string of the molecule is O=C(O)C1CC1CCN1CCCC1. The van der Waals surface area contributed by atoms with E-state index in [-0.39, 0.29) is 5.92 Å². The third kappa shape index (κ3) is 2.21. The third-order valence-electron chi connectivity index (χ3n) is 3.25. The van der Waals surface area contributed by atoms with E-state index in [4.69, 9.17) is 5.11 Å². The molecule has 1 heterocycles. The minimum atomic E-state index is -0.591. The Morgan fingerprint density at radius 1 is 1.38 bits per heavy atom. The van der Waals surface area contributed by atoms with Crippen LogP contribution in [0.2, 0.25) is 0 Å². The van der Waals surface area contributed by atoms with E-state index in [9.17, 15) is 4.79 Å². The third-order valence-corrected chi connectivity index (χ3v) is 3.25. The molecule has 1 aliphatic carbocycles. The summed E-state index contributed by atoms with van der Waals surface area (Å²) in [6.45, 7) is 3.57. The van der Waals surface area contributed by atoms with Crippen LogP contribution in [-0.4, -0.2) is 35.6 Å². The molecule has 0 radical (unpaired) electrons. The van der Waals surface area contributed by atoms with Gasteiger partial charge in [0.2, 0.25) is 0 Å². The first-order valence-corrected chi connectivity index (χ1v) is 5.22. The first kappa shape index (κ1) is 9.00. The van der Waals surface area contributed by atoms with E-state index in [2.05, 4.69) is 4.90 Å². The Labute approximate surface area is 78.7 Å². The summed E-state index contributed by atoms with van der Waals surface area (Å²) in [5.74, 6) is -0.118. The molecule has 0 aromatic carbocycles. The monoisotopic (exact) mass is 183 g/mol. The van der Waals surface area contributed by atoms with Gasteiger partial charge < -0.3 is 10.0 Å². The zero-order valence-corrected chi connectivity index (χ0v) is 7.91. The van der Waals surface area contributed by atoms with E-state index in [0.29, 0.717) is 5.92 Å². The summed E-state index contributed by atoms with van der Waals surface area (Å²) in [6, 6.07) is 0. The molecule has 2 fully saturated rings. The molecule has 1 saturated carbocycles. The van der Waals surface area contributed by atoms with Crippen molar-refractivity contribution in [3.05, 3.63) is 0 Å². The maximum absolute atomic E-state index is 10.6. The fourth-order valence-electron chi connectivity index (χ4n) is 2.22. The number of carbonyl (C=O) groups is 1. The molecule has 1 saturated heterocycles. The molecule has 2 rings (SSSR count). The van der Waals surface area contributed by atoms with Gasteiger partial charge in [-0.25, -0.2) is 0 Å². The van der Waals surface area contributed by atoms with Crippen molar-refractivity contribution in [1.29, 1.82) is 0 Å². The number of carboxylic acid groups (broad SMARTS) is 1. The molecule has 3 heteroatoms. The number of rotatable bonds is 4. The van der Waals surface area contributed by atoms with Crippen molar-refractivity contribution < 1.29 is 9.90 Å². The molecule has 0 spiro atoms. The first-order valence-electron chi connectivity index (χ1n) is 5.22. The van der Waals surface area contributed by atoms with E-state index in [0.717, 1.165) is 19.4 Å². The van der Waals surface area contributed by atoms with Crippen LogP contribution in [0.4, 0.5) is 0 Å². The van der Waals surface area contributed by atoms with Gasteiger partial charge in [-0.15, -0.1) is 0 Å². The van der Waals surface area contributed by atoms with E-state index in [1.165, 1.54) is 25.9 Å². The summed E-state index contributed by atoms with van der Waals surface area (Å²) >= 11 is 0. The van der Waals surface area contributed by atoms with E-state index >= 15 is 0 Å². The molecule has 2 atom stereocenters. The second-order valence-electron chi connectivity index (χ2n) is 4.28. The number of aliphatic carboxylic acids is 1. The standard InChI is InChI=1S/C10H17NO2/c12-10(13)9-7-8(9)3-6-11-4-1-2-5-11/h8-9H,1-7H2,(H,12,13). The van der Waals surface area contributed by atoms with Gasteiger partial charge in [0.05, 0.1) is 5.92 Å². The summed E-state index contributed by atoms with van der Waals surface area (Å²) in [5.41, 5.74) is 0. The van der Waals surface area contributed by atoms with E-state index < -0.39 is 5.97 Å². The van der Waals surface area contributed by atoms with Crippen molar-refractivity contribution in [2.75, 3.05) is 19.6 Å². The molecule has 0 bridgehead atoms. The van der Waals surface area contributed by atoms with Crippen molar-refractivity contribution >= 4 is 5.97 Å². The Morgan fingerprint density at radius 2 is 2.08 bits per heavy atom. The second-order valence-corrected chi connectivity index (χ2v) is 4.28. The lowest BCUT2D eigenvalue weighted by molar-refractivity contribution is -0.138. The average molecular weight is 183 g/mol. The van der Waals surface area contributed by atoms with Gasteiger partial charge in [0, 0.05) is 0 Å². The largest absolute Gasteiger partial charge is 0.481 e. The maximum Gasteiger partial charge on any atom is 0.306 e. The van der Waals surface area contributed by atoms with E-state index in [1.54, 1.807) is 0 Å². The molecule has 0 amide bonds. The fraction of sp³-hybridized carbons (Fsp3) is 0.900. The summed E-state index contributed by atoms with van der Waals surface area (Å²) in [5, 5.41) is 8.70. The summed E-state index contributed by atoms with van der Waals surface area (Å²) in [7, 11) is 0. The lowest BCUT2D eigenvalue weighted by Crippen LogP contribution is -2.21. The summed E-state index contributed by atoms with van der Waals surface area (Å²) in [6.07, 6.45) is 4.67. The van der Waals surface area contributed by atoms with Crippen LogP contribution >= 0.6 is 0 Å². The Bertz CT molecular complexity index is 199. The first-order chi connectivity index (χ1) is 6.27. The molecule has 1 aliphatic heterocycles. The van der Waals surface area contributed by atoms with Gasteiger partial charge in [-0.2, -0.15) is 0 Å². The summed E-state index contributed by atoms with van der Waals surface area (Å²) < 4.78 is 0. The van der Waals surface area contributed by atoms with Crippen molar-refractivity contribution in [2.24, 2.45) is 11.8 Å². The summed E-state index contributed by atoms with van der Waals surface area (Å²) in [4.78, 5) is 13.0. The van der Waals surface area contributed by atoms with Gasteiger partial charge in [-0.05, 0) is 51.2 Å². The second kappa shape index (κ2) is 3.66. The number of carboxylic acids is 1. The molecule has 1 N–H and O–H groups in total. The van der Waals surface area contributed by atoms with Gasteiger partial charge in [-0.1, -0.05) is 0 Å². The van der Waals surface area contributed by atoms with Crippen LogP contribution in [0, 0.1) is 11.8 Å². The highest BCUT2D eigenvalue weighted by atomic mass is 16.4. The molecule has 2 aliphatic rings. The number of hydrogen-bond acceptors (Lipinski definition) is 2. The molecular weight excluding hydrogens is 166 g/mol. The molecule has 2 unspecified atom stereocenters. The lowest BCUT2D eigenvalue weighted by atomic mass is 10.2. The molecule has 0 aromatic rings. The lowest BCUT2D eigenvalue weighted by Gasteiger charge is -2.13. The number of nitrogens with zero attached hydrogens (tertiary/aromatic N) is 1. The zero-order valence-electron chi connectivity index (χ0n) is 7.91. The van der Waals surface area contributed by atoms with Crippen molar-refractivity contribution in [3.8, 4) is 0 Å². The van der Waals surface area contributed by atoms with Gasteiger partial charge in [0.25, 0.3) is 0 Å². The molecule has 13 heavy (non-hydrogen) atoms. The smallest absolute Gasteiger partial charge is 0.306 e. The highest BCUT2D eigenvalue weighted by molar-refractivity contribution is 5.73. The molecule has 74 valence electrons. The maximum atomic E-state index is 10.6. The number of likely N-dealkylation sites (tertiary alicyclic amines) is 1. The minimum Gasteiger partial charge on any atom is -0.481 e. The Kier molecular flexibility index (Phi) is 2.54. The van der Waals surface area contributed by atoms with Crippen molar-refractivity contribution in [3.63, 3.8) is 0 Å². The van der Waals surface area contributed by atoms with Gasteiger partial charge in [0.15, 0.2) is 0 Å². The van der Waals surface area contributed by atoms with Crippen LogP contribution in [0.5, 0.6) is 0 Å². The predicted molar refractivity (Wildman–Crippen MR) is 49.5 cm³/mol. The van der Waals surface area contributed by atoms with Gasteiger partial charge in [0.1, 0.15) is 0 Å². The van der Waals surface area contributed by atoms with Crippen LogP contribution in [0.15, 0.2) is 0 Å². The predicted octanol–water partition coefficient (Wildman–Crippen LogP) is 1.19. The number of hydrogen-bond donors (Lipinski definition) is 1. The van der Waals surface area contributed by atoms with Crippen LogP contribution in [-0.2, 0) is 4.79 Å². The van der Waals surface area contributed by atoms with Crippen molar-refractivity contribution in [2.45, 2.75) is 25.7 Å². The topological polar surface area (TPSA) is 40.5 Å². The Morgan fingerprint density at radius 3 is 2.62 bits per heavy atom. The van der Waals surface area contributed by atoms with E-state index in [1.807, 2.05) is 0 Å². The normalized spacial score (nSPS) is 33.5. The molecule has 0 aromatic heterocycles. The Balaban J connectivity index is 1.62. The van der Waals surface area contributed by atoms with Gasteiger partial charge >= 0.3 is 5.97 Å². The van der Waals surface area contributed by atoms with Crippen molar-refractivity contribution in [1.82, 2.24) is 4.90 Å². The minimum absolute atomic E-state index is 0.0115.